The van der Waals surface area contributed by atoms with E-state index in [1.165, 1.54) is 5.39 Å². The van der Waals surface area contributed by atoms with Gasteiger partial charge in [-0.15, -0.1) is 0 Å². The van der Waals surface area contributed by atoms with Crippen molar-refractivity contribution >= 4 is 38.5 Å². The van der Waals surface area contributed by atoms with Crippen LogP contribution in [0.2, 0.25) is 0 Å². The van der Waals surface area contributed by atoms with Crippen LogP contribution in [0, 0.1) is 0 Å². The maximum absolute atomic E-state index is 6.35. The van der Waals surface area contributed by atoms with Gasteiger partial charge in [-0.1, -0.05) is 48.5 Å². The van der Waals surface area contributed by atoms with Crippen molar-refractivity contribution < 1.29 is 4.42 Å². The van der Waals surface area contributed by atoms with Crippen LogP contribution in [0.4, 0.5) is 0 Å². The van der Waals surface area contributed by atoms with Gasteiger partial charge in [0.1, 0.15) is 16.9 Å². The van der Waals surface area contributed by atoms with Gasteiger partial charge in [-0.25, -0.2) is 9.97 Å². The van der Waals surface area contributed by atoms with Gasteiger partial charge in [-0.2, -0.15) is 0 Å². The molecule has 0 bridgehead atoms. The van der Waals surface area contributed by atoms with Gasteiger partial charge in [0, 0.05) is 46.7 Å². The Morgan fingerprint density at radius 3 is 2.50 bits per heavy atom. The first-order chi connectivity index (χ1) is 15.8. The van der Waals surface area contributed by atoms with Gasteiger partial charge in [-0.05, 0) is 35.0 Å². The molecular weight excluding hydrogens is 396 g/mol. The smallest absolute Gasteiger partial charge is 0.234 e. The molecule has 0 N–H and O–H groups in total. The molecule has 0 unspecified atom stereocenters. The van der Waals surface area contributed by atoms with Crippen LogP contribution >= 0.6 is 0 Å². The van der Waals surface area contributed by atoms with Crippen molar-refractivity contribution in [3.05, 3.63) is 97.6 Å². The minimum Gasteiger partial charge on any atom is -0.455 e. The molecule has 0 fully saturated rings. The molecule has 32 heavy (non-hydrogen) atoms. The first kappa shape index (κ1) is 17.2. The topological polar surface area (TPSA) is 56.2 Å². The molecule has 3 aromatic carbocycles. The zero-order valence-corrected chi connectivity index (χ0v) is 16.9. The van der Waals surface area contributed by atoms with Crippen molar-refractivity contribution in [3.63, 3.8) is 0 Å². The average Bonchev–Trinajstić information content (AvgIpc) is 3.44. The number of furan rings is 1. The highest BCUT2D eigenvalue weighted by molar-refractivity contribution is 6.18. The number of aromatic nitrogens is 4. The fourth-order valence-electron chi connectivity index (χ4n) is 4.46. The normalized spacial score (nSPS) is 11.8. The number of hydrogen-bond donors (Lipinski definition) is 0. The maximum atomic E-state index is 6.35. The van der Waals surface area contributed by atoms with Crippen molar-refractivity contribution in [1.29, 1.82) is 0 Å². The third-order valence-electron chi connectivity index (χ3n) is 5.94. The Kier molecular flexibility index (Phi) is 3.49. The largest absolute Gasteiger partial charge is 0.455 e. The van der Waals surface area contributed by atoms with Crippen LogP contribution in [-0.2, 0) is 0 Å². The van der Waals surface area contributed by atoms with E-state index in [1.54, 1.807) is 6.20 Å². The SMILES string of the molecule is c1ccc2c(-c3ccc(-c4cn5cccnc5n4)nc3)c3oc4ccccc4c3cc2c1. The van der Waals surface area contributed by atoms with Crippen LogP contribution in [-0.4, -0.2) is 19.4 Å². The van der Waals surface area contributed by atoms with Gasteiger partial charge in [-0.3, -0.25) is 9.38 Å². The second-order valence-corrected chi connectivity index (χ2v) is 7.83. The zero-order valence-electron chi connectivity index (χ0n) is 16.9. The van der Waals surface area contributed by atoms with Gasteiger partial charge in [0.15, 0.2) is 0 Å². The van der Waals surface area contributed by atoms with Gasteiger partial charge in [0.2, 0.25) is 5.78 Å². The van der Waals surface area contributed by atoms with Crippen molar-refractivity contribution in [2.75, 3.05) is 0 Å². The van der Waals surface area contributed by atoms with E-state index in [0.29, 0.717) is 5.78 Å². The molecule has 5 heteroatoms. The Morgan fingerprint density at radius 2 is 1.62 bits per heavy atom. The molecule has 0 saturated heterocycles. The molecule has 0 aliphatic carbocycles. The number of imidazole rings is 1. The minimum absolute atomic E-state index is 0.659. The molecule has 7 aromatic rings. The lowest BCUT2D eigenvalue weighted by molar-refractivity contribution is 0.670. The second-order valence-electron chi connectivity index (χ2n) is 7.83. The minimum atomic E-state index is 0.659. The first-order valence-electron chi connectivity index (χ1n) is 10.4. The summed E-state index contributed by atoms with van der Waals surface area (Å²) in [7, 11) is 0. The van der Waals surface area contributed by atoms with Crippen molar-refractivity contribution in [2.24, 2.45) is 0 Å². The Bertz CT molecular complexity index is 1740. The molecular formula is C27H16N4O. The van der Waals surface area contributed by atoms with Gasteiger partial charge in [0.05, 0.1) is 5.69 Å². The molecule has 0 amide bonds. The highest BCUT2D eigenvalue weighted by Crippen LogP contribution is 2.41. The average molecular weight is 412 g/mol. The Balaban J connectivity index is 1.46. The molecule has 0 spiro atoms. The van der Waals surface area contributed by atoms with E-state index in [-0.39, 0.29) is 0 Å². The number of para-hydroxylation sites is 1. The van der Waals surface area contributed by atoms with Crippen LogP contribution in [0.15, 0.2) is 102 Å². The number of nitrogens with zero attached hydrogens (tertiary/aromatic N) is 4. The molecule has 0 aliphatic heterocycles. The van der Waals surface area contributed by atoms with Crippen molar-refractivity contribution in [1.82, 2.24) is 19.4 Å². The summed E-state index contributed by atoms with van der Waals surface area (Å²) in [6.07, 6.45) is 7.52. The summed E-state index contributed by atoms with van der Waals surface area (Å²) in [6.45, 7) is 0. The molecule has 0 atom stereocenters. The monoisotopic (exact) mass is 412 g/mol. The number of benzene rings is 3. The molecule has 150 valence electrons. The summed E-state index contributed by atoms with van der Waals surface area (Å²) >= 11 is 0. The van der Waals surface area contributed by atoms with Crippen molar-refractivity contribution in [3.8, 4) is 22.5 Å². The molecule has 4 heterocycles. The van der Waals surface area contributed by atoms with E-state index in [2.05, 4.69) is 52.4 Å². The van der Waals surface area contributed by atoms with Crippen molar-refractivity contribution in [2.45, 2.75) is 0 Å². The Hall–Kier alpha value is -4.51. The fraction of sp³-hybridized carbons (Fsp3) is 0. The third kappa shape index (κ3) is 2.48. The van der Waals surface area contributed by atoms with E-state index < -0.39 is 0 Å². The van der Waals surface area contributed by atoms with Gasteiger partial charge in [0.25, 0.3) is 0 Å². The molecule has 5 nitrogen and oxygen atoms in total. The van der Waals surface area contributed by atoms with E-state index in [9.17, 15) is 0 Å². The van der Waals surface area contributed by atoms with E-state index in [4.69, 9.17) is 9.40 Å². The molecule has 0 aliphatic rings. The van der Waals surface area contributed by atoms with Crippen LogP contribution in [0.3, 0.4) is 0 Å². The molecule has 4 aromatic heterocycles. The van der Waals surface area contributed by atoms with Crippen LogP contribution in [0.25, 0.3) is 61.0 Å². The van der Waals surface area contributed by atoms with Gasteiger partial charge >= 0.3 is 0 Å². The summed E-state index contributed by atoms with van der Waals surface area (Å²) in [5.74, 6) is 0.659. The molecule has 7 rings (SSSR count). The first-order valence-corrected chi connectivity index (χ1v) is 10.4. The van der Waals surface area contributed by atoms with Crippen LogP contribution < -0.4 is 0 Å². The van der Waals surface area contributed by atoms with Gasteiger partial charge < -0.3 is 4.42 Å². The predicted octanol–water partition coefficient (Wildman–Crippen LogP) is 6.51. The molecule has 0 radical (unpaired) electrons. The number of pyridine rings is 1. The number of fused-ring (bicyclic) bond motifs is 5. The lowest BCUT2D eigenvalue weighted by Gasteiger charge is -2.09. The third-order valence-corrected chi connectivity index (χ3v) is 5.94. The van der Waals surface area contributed by atoms with E-state index in [0.717, 1.165) is 49.8 Å². The number of rotatable bonds is 2. The highest BCUT2D eigenvalue weighted by Gasteiger charge is 2.17. The second kappa shape index (κ2) is 6.49. The van der Waals surface area contributed by atoms with E-state index in [1.807, 2.05) is 53.3 Å². The van der Waals surface area contributed by atoms with E-state index >= 15 is 0 Å². The summed E-state index contributed by atoms with van der Waals surface area (Å²) in [4.78, 5) is 13.6. The fourth-order valence-corrected chi connectivity index (χ4v) is 4.46. The zero-order chi connectivity index (χ0) is 21.1. The lowest BCUT2D eigenvalue weighted by Crippen LogP contribution is -1.87. The highest BCUT2D eigenvalue weighted by atomic mass is 16.3. The van der Waals surface area contributed by atoms with Crippen LogP contribution in [0.1, 0.15) is 0 Å². The summed E-state index contributed by atoms with van der Waals surface area (Å²) in [5.41, 5.74) is 5.45. The quantitative estimate of drug-likeness (QED) is 0.325. The Labute approximate surface area is 182 Å². The summed E-state index contributed by atoms with van der Waals surface area (Å²) in [5, 5.41) is 4.56. The lowest BCUT2D eigenvalue weighted by atomic mass is 9.96. The molecule has 0 saturated carbocycles. The maximum Gasteiger partial charge on any atom is 0.234 e. The summed E-state index contributed by atoms with van der Waals surface area (Å²) in [6, 6.07) is 24.8. The van der Waals surface area contributed by atoms with Crippen LogP contribution in [0.5, 0.6) is 0 Å². The number of hydrogen-bond acceptors (Lipinski definition) is 4. The summed E-state index contributed by atoms with van der Waals surface area (Å²) < 4.78 is 8.25. The standard InChI is InChI=1S/C27H16N4O/c1-2-7-19-17(6-1)14-21-20-8-3-4-9-24(20)32-26(21)25(19)18-10-11-22(29-15-18)23-16-31-13-5-12-28-27(31)30-23/h1-16H. The predicted molar refractivity (Wildman–Crippen MR) is 126 cm³/mol. The Morgan fingerprint density at radius 1 is 0.750 bits per heavy atom.